The number of piperidine rings is 1. The molecule has 2 atom stereocenters. The number of hydrogen-bond acceptors (Lipinski definition) is 7. The highest BCUT2D eigenvalue weighted by Crippen LogP contribution is 2.39. The van der Waals surface area contributed by atoms with Crippen LogP contribution in [0.5, 0.6) is 0 Å². The predicted octanol–water partition coefficient (Wildman–Crippen LogP) is 4.39. The molecule has 3 aliphatic heterocycles. The van der Waals surface area contributed by atoms with Gasteiger partial charge in [0.2, 0.25) is 17.7 Å². The lowest BCUT2D eigenvalue weighted by molar-refractivity contribution is -0.141. The van der Waals surface area contributed by atoms with Crippen molar-refractivity contribution in [2.24, 2.45) is 0 Å². The number of fused-ring (bicyclic) bond motifs is 1. The average Bonchev–Trinajstić information content (AvgIpc) is 3.37. The molecule has 3 aliphatic rings. The molecule has 11 nitrogen and oxygen atoms in total. The van der Waals surface area contributed by atoms with Crippen LogP contribution in [0.1, 0.15) is 50.3 Å². The molecule has 270 valence electrons. The molecule has 0 bridgehead atoms. The molecule has 12 heteroatoms. The van der Waals surface area contributed by atoms with Crippen LogP contribution < -0.4 is 10.2 Å². The number of carbonyl (C=O) groups is 4. The van der Waals surface area contributed by atoms with E-state index < -0.39 is 35.2 Å². The summed E-state index contributed by atoms with van der Waals surface area (Å²) in [5.41, 5.74) is 1.99. The van der Waals surface area contributed by atoms with Crippen molar-refractivity contribution in [3.05, 3.63) is 101 Å². The first-order chi connectivity index (χ1) is 24.4. The molecule has 3 aromatic rings. The minimum absolute atomic E-state index is 0.0571. The Balaban J connectivity index is 1.24. The third-order valence-electron chi connectivity index (χ3n) is 10.0. The van der Waals surface area contributed by atoms with E-state index >= 15 is 0 Å². The summed E-state index contributed by atoms with van der Waals surface area (Å²) in [6.45, 7) is 6.59. The number of para-hydroxylation sites is 1. The zero-order valence-corrected chi connectivity index (χ0v) is 30.1. The van der Waals surface area contributed by atoms with Gasteiger partial charge < -0.3 is 29.9 Å². The van der Waals surface area contributed by atoms with Gasteiger partial charge in [-0.25, -0.2) is 4.79 Å². The number of β-amino-alcohol motifs (C(OH)–C–C–N with tert-alkyl or cyclic N) is 1. The van der Waals surface area contributed by atoms with E-state index in [0.29, 0.717) is 37.6 Å². The van der Waals surface area contributed by atoms with E-state index in [1.807, 2.05) is 66.7 Å². The summed E-state index contributed by atoms with van der Waals surface area (Å²) in [6, 6.07) is 22.7. The molecule has 3 aromatic carbocycles. The van der Waals surface area contributed by atoms with Crippen LogP contribution in [0.4, 0.5) is 10.5 Å². The van der Waals surface area contributed by atoms with Crippen LogP contribution in [0.3, 0.4) is 0 Å². The van der Waals surface area contributed by atoms with Crippen LogP contribution in [-0.4, -0.2) is 99.8 Å². The van der Waals surface area contributed by atoms with Crippen molar-refractivity contribution in [2.45, 2.75) is 76.2 Å². The van der Waals surface area contributed by atoms with Gasteiger partial charge in [-0.1, -0.05) is 66.2 Å². The van der Waals surface area contributed by atoms with Crippen LogP contribution in [0.2, 0.25) is 5.02 Å². The maximum atomic E-state index is 14.4. The van der Waals surface area contributed by atoms with Crippen LogP contribution >= 0.6 is 11.6 Å². The second kappa shape index (κ2) is 14.9. The van der Waals surface area contributed by atoms with E-state index in [1.165, 1.54) is 4.90 Å². The Bertz CT molecular complexity index is 1740. The molecule has 0 aromatic heterocycles. The van der Waals surface area contributed by atoms with Crippen LogP contribution in [0.25, 0.3) is 0 Å². The highest BCUT2D eigenvalue weighted by Gasteiger charge is 2.54. The molecular formula is C39H46ClN5O6. The van der Waals surface area contributed by atoms with Gasteiger partial charge in [-0.2, -0.15) is 0 Å². The number of anilines is 1. The second-order valence-corrected chi connectivity index (χ2v) is 15.0. The topological polar surface area (TPSA) is 123 Å². The molecule has 6 rings (SSSR count). The summed E-state index contributed by atoms with van der Waals surface area (Å²) < 4.78 is 5.72. The Morgan fingerprint density at radius 3 is 2.25 bits per heavy atom. The molecule has 3 heterocycles. The van der Waals surface area contributed by atoms with Gasteiger partial charge in [0.25, 0.3) is 0 Å². The van der Waals surface area contributed by atoms with Crippen molar-refractivity contribution in [3.8, 4) is 0 Å². The number of benzene rings is 3. The normalized spacial score (nSPS) is 19.2. The quantitative estimate of drug-likeness (QED) is 0.355. The molecule has 2 N–H and O–H groups in total. The molecule has 0 saturated carbocycles. The van der Waals surface area contributed by atoms with Gasteiger partial charge in [0, 0.05) is 43.2 Å². The number of amides is 4. The van der Waals surface area contributed by atoms with Gasteiger partial charge >= 0.3 is 6.09 Å². The van der Waals surface area contributed by atoms with E-state index in [1.54, 1.807) is 42.7 Å². The molecule has 2 unspecified atom stereocenters. The Morgan fingerprint density at radius 1 is 0.961 bits per heavy atom. The van der Waals surface area contributed by atoms with E-state index in [9.17, 15) is 24.3 Å². The van der Waals surface area contributed by atoms with Crippen molar-refractivity contribution in [2.75, 3.05) is 37.8 Å². The van der Waals surface area contributed by atoms with Gasteiger partial charge in [0.1, 0.15) is 23.2 Å². The number of aliphatic hydroxyl groups excluding tert-OH is 1. The highest BCUT2D eigenvalue weighted by molar-refractivity contribution is 6.30. The maximum Gasteiger partial charge on any atom is 0.411 e. The van der Waals surface area contributed by atoms with E-state index in [-0.39, 0.29) is 44.4 Å². The Labute approximate surface area is 304 Å². The van der Waals surface area contributed by atoms with Crippen molar-refractivity contribution in [3.63, 3.8) is 0 Å². The fraction of sp³-hybridized carbons (Fsp3) is 0.436. The zero-order chi connectivity index (χ0) is 36.3. The van der Waals surface area contributed by atoms with Crippen molar-refractivity contribution < 1.29 is 29.0 Å². The molecule has 51 heavy (non-hydrogen) atoms. The summed E-state index contributed by atoms with van der Waals surface area (Å²) in [5, 5.41) is 13.3. The number of carbonyl (C=O) groups excluding carboxylic acids is 4. The monoisotopic (exact) mass is 715 g/mol. The summed E-state index contributed by atoms with van der Waals surface area (Å²) in [6.07, 6.45) is 0.665. The van der Waals surface area contributed by atoms with Crippen molar-refractivity contribution in [1.82, 2.24) is 20.0 Å². The van der Waals surface area contributed by atoms with Crippen LogP contribution in [-0.2, 0) is 38.5 Å². The smallest absolute Gasteiger partial charge is 0.411 e. The lowest BCUT2D eigenvalue weighted by atomic mass is 9.85. The minimum atomic E-state index is -0.944. The number of likely N-dealkylation sites (tertiary alicyclic amines) is 1. The minimum Gasteiger partial charge on any atom is -0.444 e. The first-order valence-corrected chi connectivity index (χ1v) is 17.9. The van der Waals surface area contributed by atoms with E-state index in [0.717, 1.165) is 22.4 Å². The number of nitrogens with zero attached hydrogens (tertiary/aromatic N) is 4. The first kappa shape index (κ1) is 36.2. The number of hydrogen-bond donors (Lipinski definition) is 2. The third kappa shape index (κ3) is 7.84. The summed E-state index contributed by atoms with van der Waals surface area (Å²) in [4.78, 5) is 62.9. The summed E-state index contributed by atoms with van der Waals surface area (Å²) >= 11 is 6.17. The average molecular weight is 716 g/mol. The SMILES string of the molecule is CC(C)(C)OC(=O)N1Cc2ccccc2CC1C(=O)NC(Cc1ccc(Cl)cc1)C(=O)N1CCC2(CC1)C(=O)N(CCO)CN2c1ccccc1. The standard InChI is InChI=1S/C39H46ClN5O6/c1-38(2,3)51-37(50)44-25-29-10-8-7-9-28(29)24-33(44)34(47)41-32(23-27-13-15-30(40)16-14-27)35(48)42-19-17-39(18-20-42)36(49)43(21-22-46)26-45(39)31-11-5-4-6-12-31/h4-16,32-33,46H,17-26H2,1-3H3,(H,41,47). The molecule has 0 aliphatic carbocycles. The zero-order valence-electron chi connectivity index (χ0n) is 29.4. The number of aliphatic hydroxyl groups is 1. The van der Waals surface area contributed by atoms with E-state index in [2.05, 4.69) is 10.2 Å². The van der Waals surface area contributed by atoms with Crippen molar-refractivity contribution in [1.29, 1.82) is 0 Å². The van der Waals surface area contributed by atoms with Gasteiger partial charge in [-0.05, 0) is 74.6 Å². The number of rotatable bonds is 8. The lowest BCUT2D eigenvalue weighted by Gasteiger charge is -2.44. The molecule has 2 fully saturated rings. The van der Waals surface area contributed by atoms with Gasteiger partial charge in [-0.3, -0.25) is 19.3 Å². The Morgan fingerprint density at radius 2 is 1.61 bits per heavy atom. The molecule has 2 saturated heterocycles. The predicted molar refractivity (Wildman–Crippen MR) is 194 cm³/mol. The fourth-order valence-electron chi connectivity index (χ4n) is 7.40. The number of ether oxygens (including phenoxy) is 1. The van der Waals surface area contributed by atoms with Gasteiger partial charge in [0.05, 0.1) is 19.8 Å². The first-order valence-electron chi connectivity index (χ1n) is 17.5. The molecular weight excluding hydrogens is 670 g/mol. The summed E-state index contributed by atoms with van der Waals surface area (Å²) in [7, 11) is 0. The van der Waals surface area contributed by atoms with Gasteiger partial charge in [0.15, 0.2) is 0 Å². The van der Waals surface area contributed by atoms with Crippen LogP contribution in [0.15, 0.2) is 78.9 Å². The molecule has 4 amide bonds. The highest BCUT2D eigenvalue weighted by atomic mass is 35.5. The lowest BCUT2D eigenvalue weighted by Crippen LogP contribution is -2.61. The largest absolute Gasteiger partial charge is 0.444 e. The molecule has 0 radical (unpaired) electrons. The molecule has 1 spiro atoms. The maximum absolute atomic E-state index is 14.4. The van der Waals surface area contributed by atoms with Crippen molar-refractivity contribution >= 4 is 41.1 Å². The Hall–Kier alpha value is -4.61. The second-order valence-electron chi connectivity index (χ2n) is 14.5. The van der Waals surface area contributed by atoms with Gasteiger partial charge in [-0.15, -0.1) is 0 Å². The fourth-order valence-corrected chi connectivity index (χ4v) is 7.53. The number of nitrogens with one attached hydrogen (secondary N) is 1. The summed E-state index contributed by atoms with van der Waals surface area (Å²) in [5.74, 6) is -0.771. The Kier molecular flexibility index (Phi) is 10.6. The van der Waals surface area contributed by atoms with E-state index in [4.69, 9.17) is 16.3 Å². The number of halogens is 1. The van der Waals surface area contributed by atoms with Crippen LogP contribution in [0, 0.1) is 0 Å². The third-order valence-corrected chi connectivity index (χ3v) is 10.3.